The number of furan rings is 1. The van der Waals surface area contributed by atoms with E-state index in [-0.39, 0.29) is 12.2 Å². The fraction of sp³-hybridized carbons (Fsp3) is 0.375. The van der Waals surface area contributed by atoms with Gasteiger partial charge < -0.3 is 14.1 Å². The minimum Gasteiger partial charge on any atom is -0.450 e. The monoisotopic (exact) mass is 283 g/mol. The van der Waals surface area contributed by atoms with Crippen LogP contribution in [0.4, 0.5) is 5.82 Å². The van der Waals surface area contributed by atoms with Gasteiger partial charge in [-0.3, -0.25) is 0 Å². The van der Waals surface area contributed by atoms with Crippen LogP contribution in [0.1, 0.15) is 13.8 Å². The summed E-state index contributed by atoms with van der Waals surface area (Å²) in [7, 11) is 0. The second kappa shape index (κ2) is 4.70. The van der Waals surface area contributed by atoms with Crippen molar-refractivity contribution in [1.82, 2.24) is 9.97 Å². The van der Waals surface area contributed by atoms with Crippen LogP contribution in [0, 0.1) is 0 Å². The standard InChI is InChI=1S/C16H17N3O2/c1-10-7-19(8-11(2)20-10)16-15-14(17-9-18-16)12-5-3-4-6-13(12)21-15/h3-6,9-11H,7-8H2,1-2H3/t10-,11-/m1/s1. The smallest absolute Gasteiger partial charge is 0.196 e. The third-order valence-corrected chi connectivity index (χ3v) is 3.86. The molecular weight excluding hydrogens is 266 g/mol. The van der Waals surface area contributed by atoms with Crippen LogP contribution >= 0.6 is 0 Å². The van der Waals surface area contributed by atoms with E-state index in [1.54, 1.807) is 6.33 Å². The Hall–Kier alpha value is -2.14. The molecule has 0 bridgehead atoms. The van der Waals surface area contributed by atoms with Gasteiger partial charge in [0.05, 0.1) is 12.2 Å². The topological polar surface area (TPSA) is 51.4 Å². The number of hydrogen-bond acceptors (Lipinski definition) is 5. The van der Waals surface area contributed by atoms with Gasteiger partial charge in [-0.2, -0.15) is 0 Å². The van der Waals surface area contributed by atoms with Crippen molar-refractivity contribution in [2.45, 2.75) is 26.1 Å². The minimum absolute atomic E-state index is 0.183. The Kier molecular flexibility index (Phi) is 2.82. The zero-order valence-corrected chi connectivity index (χ0v) is 12.1. The molecule has 2 aromatic heterocycles. The van der Waals surface area contributed by atoms with Gasteiger partial charge in [0, 0.05) is 18.5 Å². The third-order valence-electron chi connectivity index (χ3n) is 3.86. The molecule has 21 heavy (non-hydrogen) atoms. The van der Waals surface area contributed by atoms with Crippen molar-refractivity contribution in [3.05, 3.63) is 30.6 Å². The van der Waals surface area contributed by atoms with E-state index >= 15 is 0 Å². The van der Waals surface area contributed by atoms with Crippen molar-refractivity contribution >= 4 is 27.9 Å². The van der Waals surface area contributed by atoms with Gasteiger partial charge in [-0.1, -0.05) is 12.1 Å². The van der Waals surface area contributed by atoms with Crippen LogP contribution in [0.15, 0.2) is 35.0 Å². The van der Waals surface area contributed by atoms with Crippen LogP contribution in [0.5, 0.6) is 0 Å². The average Bonchev–Trinajstić information content (AvgIpc) is 2.84. The highest BCUT2D eigenvalue weighted by Gasteiger charge is 2.26. The number of ether oxygens (including phenoxy) is 1. The molecule has 4 rings (SSSR count). The first-order valence-electron chi connectivity index (χ1n) is 7.25. The van der Waals surface area contributed by atoms with E-state index in [0.717, 1.165) is 41.0 Å². The molecule has 1 aliphatic heterocycles. The van der Waals surface area contributed by atoms with Crippen LogP contribution in [-0.4, -0.2) is 35.3 Å². The summed E-state index contributed by atoms with van der Waals surface area (Å²) in [6.45, 7) is 5.79. The molecule has 0 aliphatic carbocycles. The SMILES string of the molecule is C[C@@H]1CN(c2ncnc3c2oc2ccccc23)C[C@@H](C)O1. The van der Waals surface area contributed by atoms with Crippen molar-refractivity contribution in [2.75, 3.05) is 18.0 Å². The van der Waals surface area contributed by atoms with Gasteiger partial charge in [0.25, 0.3) is 0 Å². The first-order valence-corrected chi connectivity index (χ1v) is 7.25. The van der Waals surface area contributed by atoms with Crippen LogP contribution in [0.2, 0.25) is 0 Å². The molecule has 1 aliphatic rings. The number of nitrogens with zero attached hydrogens (tertiary/aromatic N) is 3. The Morgan fingerprint density at radius 2 is 1.86 bits per heavy atom. The molecule has 0 N–H and O–H groups in total. The molecule has 0 spiro atoms. The maximum atomic E-state index is 6.00. The lowest BCUT2D eigenvalue weighted by molar-refractivity contribution is -0.00541. The molecule has 5 nitrogen and oxygen atoms in total. The molecule has 0 amide bonds. The summed E-state index contributed by atoms with van der Waals surface area (Å²) in [5, 5.41) is 1.03. The largest absolute Gasteiger partial charge is 0.450 e. The molecule has 5 heteroatoms. The second-order valence-corrected chi connectivity index (χ2v) is 5.64. The van der Waals surface area contributed by atoms with Gasteiger partial charge in [-0.05, 0) is 26.0 Å². The molecule has 2 atom stereocenters. The van der Waals surface area contributed by atoms with Crippen molar-refractivity contribution in [3.63, 3.8) is 0 Å². The zero-order valence-electron chi connectivity index (χ0n) is 12.1. The lowest BCUT2D eigenvalue weighted by Gasteiger charge is -2.35. The van der Waals surface area contributed by atoms with Crippen LogP contribution < -0.4 is 4.90 Å². The van der Waals surface area contributed by atoms with Crippen molar-refractivity contribution in [1.29, 1.82) is 0 Å². The average molecular weight is 283 g/mol. The van der Waals surface area contributed by atoms with E-state index in [2.05, 4.69) is 28.7 Å². The maximum absolute atomic E-state index is 6.00. The van der Waals surface area contributed by atoms with E-state index in [1.807, 2.05) is 24.3 Å². The summed E-state index contributed by atoms with van der Waals surface area (Å²) >= 11 is 0. The fourth-order valence-electron chi connectivity index (χ4n) is 3.09. The molecule has 3 heterocycles. The molecular formula is C16H17N3O2. The van der Waals surface area contributed by atoms with Gasteiger partial charge in [0.15, 0.2) is 11.4 Å². The van der Waals surface area contributed by atoms with Gasteiger partial charge in [-0.25, -0.2) is 9.97 Å². The number of anilines is 1. The first kappa shape index (κ1) is 12.6. The predicted molar refractivity (Wildman–Crippen MR) is 81.5 cm³/mol. The van der Waals surface area contributed by atoms with Gasteiger partial charge >= 0.3 is 0 Å². The predicted octanol–water partition coefficient (Wildman–Crippen LogP) is 2.99. The number of aromatic nitrogens is 2. The van der Waals surface area contributed by atoms with E-state index in [1.165, 1.54) is 0 Å². The zero-order chi connectivity index (χ0) is 14.4. The maximum Gasteiger partial charge on any atom is 0.196 e. The van der Waals surface area contributed by atoms with Crippen molar-refractivity contribution < 1.29 is 9.15 Å². The Morgan fingerprint density at radius 3 is 2.67 bits per heavy atom. The normalized spacial score (nSPS) is 23.0. The van der Waals surface area contributed by atoms with Gasteiger partial charge in [-0.15, -0.1) is 0 Å². The highest BCUT2D eigenvalue weighted by Crippen LogP contribution is 2.33. The molecule has 0 radical (unpaired) electrons. The number of benzene rings is 1. The number of morpholine rings is 1. The molecule has 108 valence electrons. The lowest BCUT2D eigenvalue weighted by Crippen LogP contribution is -2.45. The quantitative estimate of drug-likeness (QED) is 0.687. The van der Waals surface area contributed by atoms with E-state index in [4.69, 9.17) is 9.15 Å². The summed E-state index contributed by atoms with van der Waals surface area (Å²) in [5.41, 5.74) is 2.49. The van der Waals surface area contributed by atoms with Crippen LogP contribution in [0.3, 0.4) is 0 Å². The summed E-state index contributed by atoms with van der Waals surface area (Å²) in [6.07, 6.45) is 1.98. The van der Waals surface area contributed by atoms with E-state index < -0.39 is 0 Å². The molecule has 0 saturated carbocycles. The van der Waals surface area contributed by atoms with E-state index in [9.17, 15) is 0 Å². The van der Waals surface area contributed by atoms with E-state index in [0.29, 0.717) is 0 Å². The molecule has 1 fully saturated rings. The number of rotatable bonds is 1. The Morgan fingerprint density at radius 1 is 1.10 bits per heavy atom. The van der Waals surface area contributed by atoms with Crippen molar-refractivity contribution in [2.24, 2.45) is 0 Å². The van der Waals surface area contributed by atoms with Crippen molar-refractivity contribution in [3.8, 4) is 0 Å². The Balaban J connectivity index is 1.88. The number of fused-ring (bicyclic) bond motifs is 3. The minimum atomic E-state index is 0.183. The van der Waals surface area contributed by atoms with Gasteiger partial charge in [0.1, 0.15) is 17.4 Å². The molecule has 1 saturated heterocycles. The highest BCUT2D eigenvalue weighted by atomic mass is 16.5. The highest BCUT2D eigenvalue weighted by molar-refractivity contribution is 6.05. The molecule has 3 aromatic rings. The summed E-state index contributed by atoms with van der Waals surface area (Å²) in [4.78, 5) is 11.1. The van der Waals surface area contributed by atoms with Gasteiger partial charge in [0.2, 0.25) is 0 Å². The Labute approximate surface area is 122 Å². The number of hydrogen-bond donors (Lipinski definition) is 0. The summed E-state index contributed by atoms with van der Waals surface area (Å²) in [5.74, 6) is 0.859. The third kappa shape index (κ3) is 2.05. The molecule has 0 unspecified atom stereocenters. The van der Waals surface area contributed by atoms with Crippen LogP contribution in [-0.2, 0) is 4.74 Å². The summed E-state index contributed by atoms with van der Waals surface area (Å²) < 4.78 is 11.8. The lowest BCUT2D eigenvalue weighted by atomic mass is 10.2. The summed E-state index contributed by atoms with van der Waals surface area (Å²) in [6, 6.07) is 7.96. The van der Waals surface area contributed by atoms with Crippen LogP contribution in [0.25, 0.3) is 22.1 Å². The fourth-order valence-corrected chi connectivity index (χ4v) is 3.09. The Bertz CT molecular complexity index is 788. The second-order valence-electron chi connectivity index (χ2n) is 5.64. The number of para-hydroxylation sites is 1. The molecule has 1 aromatic carbocycles. The first-order chi connectivity index (χ1) is 10.2.